The zero-order valence-electron chi connectivity index (χ0n) is 10.7. The standard InChI is InChI=1S/C17H17NO/c19-17(16-11-5-2-6-12-16)14-18-13-7-10-15-8-3-1-4-9-15/h1-13,17,19H,14H2/b10-7+,18-13?. The van der Waals surface area contributed by atoms with E-state index in [-0.39, 0.29) is 0 Å². The summed E-state index contributed by atoms with van der Waals surface area (Å²) in [4.78, 5) is 4.20. The summed E-state index contributed by atoms with van der Waals surface area (Å²) < 4.78 is 0. The van der Waals surface area contributed by atoms with E-state index in [0.717, 1.165) is 11.1 Å². The first-order valence-electron chi connectivity index (χ1n) is 6.31. The Labute approximate surface area is 113 Å². The summed E-state index contributed by atoms with van der Waals surface area (Å²) in [7, 11) is 0. The molecule has 0 aliphatic carbocycles. The minimum absolute atomic E-state index is 0.378. The van der Waals surface area contributed by atoms with Crippen molar-refractivity contribution < 1.29 is 5.11 Å². The molecule has 1 atom stereocenters. The molecule has 0 aliphatic heterocycles. The number of aliphatic imine (C=N–C) groups is 1. The van der Waals surface area contributed by atoms with Crippen LogP contribution in [0.15, 0.2) is 71.7 Å². The van der Waals surface area contributed by atoms with Crippen LogP contribution in [0.25, 0.3) is 6.08 Å². The van der Waals surface area contributed by atoms with Crippen molar-refractivity contribution in [3.63, 3.8) is 0 Å². The number of allylic oxidation sites excluding steroid dienone is 1. The summed E-state index contributed by atoms with van der Waals surface area (Å²) >= 11 is 0. The molecule has 0 spiro atoms. The smallest absolute Gasteiger partial charge is 0.0985 e. The number of nitrogens with zero attached hydrogens (tertiary/aromatic N) is 1. The molecule has 0 fully saturated rings. The molecule has 2 nitrogen and oxygen atoms in total. The van der Waals surface area contributed by atoms with Gasteiger partial charge in [-0.1, -0.05) is 66.7 Å². The maximum atomic E-state index is 9.90. The van der Waals surface area contributed by atoms with Gasteiger partial charge in [0.25, 0.3) is 0 Å². The van der Waals surface area contributed by atoms with Gasteiger partial charge in [-0.3, -0.25) is 4.99 Å². The number of hydrogen-bond acceptors (Lipinski definition) is 2. The number of aliphatic hydroxyl groups is 1. The van der Waals surface area contributed by atoms with Crippen molar-refractivity contribution in [2.75, 3.05) is 6.54 Å². The highest BCUT2D eigenvalue weighted by molar-refractivity contribution is 5.78. The number of hydrogen-bond donors (Lipinski definition) is 1. The van der Waals surface area contributed by atoms with Crippen LogP contribution in [0.3, 0.4) is 0 Å². The minimum Gasteiger partial charge on any atom is -0.386 e. The van der Waals surface area contributed by atoms with Crippen LogP contribution < -0.4 is 0 Å². The van der Waals surface area contributed by atoms with E-state index < -0.39 is 6.10 Å². The molecule has 2 aromatic rings. The lowest BCUT2D eigenvalue weighted by Gasteiger charge is -2.06. The fourth-order valence-electron chi connectivity index (χ4n) is 1.72. The van der Waals surface area contributed by atoms with Crippen LogP contribution in [0.4, 0.5) is 0 Å². The Morgan fingerprint density at radius 2 is 1.58 bits per heavy atom. The molecule has 96 valence electrons. The second-order valence-electron chi connectivity index (χ2n) is 4.21. The molecular weight excluding hydrogens is 234 g/mol. The Balaban J connectivity index is 1.82. The van der Waals surface area contributed by atoms with Crippen molar-refractivity contribution in [3.05, 3.63) is 77.9 Å². The van der Waals surface area contributed by atoms with Crippen molar-refractivity contribution >= 4 is 12.3 Å². The maximum Gasteiger partial charge on any atom is 0.0985 e. The fourth-order valence-corrected chi connectivity index (χ4v) is 1.72. The Morgan fingerprint density at radius 3 is 2.26 bits per heavy atom. The molecule has 0 aliphatic rings. The van der Waals surface area contributed by atoms with Crippen molar-refractivity contribution in [2.24, 2.45) is 4.99 Å². The molecule has 0 saturated heterocycles. The van der Waals surface area contributed by atoms with Crippen molar-refractivity contribution in [3.8, 4) is 0 Å². The molecule has 0 heterocycles. The van der Waals surface area contributed by atoms with Gasteiger partial charge in [-0.05, 0) is 17.2 Å². The van der Waals surface area contributed by atoms with Gasteiger partial charge in [0.15, 0.2) is 0 Å². The summed E-state index contributed by atoms with van der Waals surface area (Å²) in [5.74, 6) is 0. The molecule has 2 rings (SSSR count). The van der Waals surface area contributed by atoms with Crippen LogP contribution in [-0.2, 0) is 0 Å². The summed E-state index contributed by atoms with van der Waals surface area (Å²) in [6.45, 7) is 0.378. The average molecular weight is 251 g/mol. The zero-order valence-corrected chi connectivity index (χ0v) is 10.7. The van der Waals surface area contributed by atoms with Crippen LogP contribution >= 0.6 is 0 Å². The van der Waals surface area contributed by atoms with Crippen LogP contribution in [0.5, 0.6) is 0 Å². The van der Waals surface area contributed by atoms with E-state index in [0.29, 0.717) is 6.54 Å². The van der Waals surface area contributed by atoms with Gasteiger partial charge in [0.05, 0.1) is 12.6 Å². The molecule has 0 bridgehead atoms. The molecule has 2 heteroatoms. The predicted molar refractivity (Wildman–Crippen MR) is 80.2 cm³/mol. The van der Waals surface area contributed by atoms with Crippen LogP contribution in [0, 0.1) is 0 Å². The first kappa shape index (κ1) is 13.2. The van der Waals surface area contributed by atoms with Gasteiger partial charge in [0, 0.05) is 6.21 Å². The fraction of sp³-hybridized carbons (Fsp3) is 0.118. The third kappa shape index (κ3) is 4.53. The largest absolute Gasteiger partial charge is 0.386 e. The molecular formula is C17H17NO. The molecule has 0 aromatic heterocycles. The van der Waals surface area contributed by atoms with E-state index in [2.05, 4.69) is 4.99 Å². The lowest BCUT2D eigenvalue weighted by molar-refractivity contribution is 0.187. The Bertz CT molecular complexity index is 532. The lowest BCUT2D eigenvalue weighted by Crippen LogP contribution is -2.00. The van der Waals surface area contributed by atoms with E-state index >= 15 is 0 Å². The summed E-state index contributed by atoms with van der Waals surface area (Å²) in [5.41, 5.74) is 2.03. The second-order valence-corrected chi connectivity index (χ2v) is 4.21. The van der Waals surface area contributed by atoms with E-state index in [1.165, 1.54) is 0 Å². The van der Waals surface area contributed by atoms with E-state index in [9.17, 15) is 5.11 Å². The van der Waals surface area contributed by atoms with Gasteiger partial charge in [0.2, 0.25) is 0 Å². The van der Waals surface area contributed by atoms with E-state index in [1.807, 2.05) is 72.8 Å². The SMILES string of the molecule is OC(CN=C/C=C/c1ccccc1)c1ccccc1. The van der Waals surface area contributed by atoms with Gasteiger partial charge < -0.3 is 5.11 Å². The van der Waals surface area contributed by atoms with Crippen LogP contribution in [0.1, 0.15) is 17.2 Å². The first-order chi connectivity index (χ1) is 9.36. The Kier molecular flexibility index (Phi) is 5.08. The molecule has 0 saturated carbocycles. The van der Waals surface area contributed by atoms with Crippen molar-refractivity contribution in [1.82, 2.24) is 0 Å². The van der Waals surface area contributed by atoms with Gasteiger partial charge >= 0.3 is 0 Å². The number of benzene rings is 2. The third-order valence-electron chi connectivity index (χ3n) is 2.74. The summed E-state index contributed by atoms with van der Waals surface area (Å²) in [6.07, 6.45) is 5.05. The Morgan fingerprint density at radius 1 is 0.947 bits per heavy atom. The van der Waals surface area contributed by atoms with Crippen LogP contribution in [-0.4, -0.2) is 17.9 Å². The van der Waals surface area contributed by atoms with E-state index in [4.69, 9.17) is 0 Å². The van der Waals surface area contributed by atoms with Gasteiger partial charge in [-0.25, -0.2) is 0 Å². The quantitative estimate of drug-likeness (QED) is 0.810. The monoisotopic (exact) mass is 251 g/mol. The molecule has 1 unspecified atom stereocenters. The lowest BCUT2D eigenvalue weighted by atomic mass is 10.1. The van der Waals surface area contributed by atoms with Gasteiger partial charge in [-0.15, -0.1) is 0 Å². The van der Waals surface area contributed by atoms with Gasteiger partial charge in [-0.2, -0.15) is 0 Å². The molecule has 0 radical (unpaired) electrons. The highest BCUT2D eigenvalue weighted by atomic mass is 16.3. The van der Waals surface area contributed by atoms with Crippen molar-refractivity contribution in [1.29, 1.82) is 0 Å². The summed E-state index contributed by atoms with van der Waals surface area (Å²) in [6, 6.07) is 19.6. The Hall–Kier alpha value is -2.19. The predicted octanol–water partition coefficient (Wildman–Crippen LogP) is 3.50. The first-order valence-corrected chi connectivity index (χ1v) is 6.31. The highest BCUT2D eigenvalue weighted by Crippen LogP contribution is 2.11. The average Bonchev–Trinajstić information content (AvgIpc) is 2.49. The number of rotatable bonds is 5. The number of aliphatic hydroxyl groups excluding tert-OH is 1. The van der Waals surface area contributed by atoms with E-state index in [1.54, 1.807) is 6.21 Å². The molecule has 2 aromatic carbocycles. The van der Waals surface area contributed by atoms with Crippen LogP contribution in [0.2, 0.25) is 0 Å². The highest BCUT2D eigenvalue weighted by Gasteiger charge is 2.03. The minimum atomic E-state index is -0.539. The van der Waals surface area contributed by atoms with Crippen molar-refractivity contribution in [2.45, 2.75) is 6.10 Å². The molecule has 1 N–H and O–H groups in total. The maximum absolute atomic E-state index is 9.90. The third-order valence-corrected chi connectivity index (χ3v) is 2.74. The van der Waals surface area contributed by atoms with Gasteiger partial charge in [0.1, 0.15) is 0 Å². The normalized spacial score (nSPS) is 13.1. The molecule has 19 heavy (non-hydrogen) atoms. The second kappa shape index (κ2) is 7.29. The summed E-state index contributed by atoms with van der Waals surface area (Å²) in [5, 5.41) is 9.90. The zero-order chi connectivity index (χ0) is 13.3. The topological polar surface area (TPSA) is 32.6 Å². The molecule has 0 amide bonds.